The summed E-state index contributed by atoms with van der Waals surface area (Å²) in [5.74, 6) is -0.211. The van der Waals surface area contributed by atoms with E-state index in [4.69, 9.17) is 9.47 Å². The van der Waals surface area contributed by atoms with Crippen molar-refractivity contribution < 1.29 is 22.7 Å². The van der Waals surface area contributed by atoms with Crippen molar-refractivity contribution >= 4 is 15.7 Å². The summed E-state index contributed by atoms with van der Waals surface area (Å²) in [6.07, 6.45) is 2.14. The van der Waals surface area contributed by atoms with Crippen LogP contribution in [0.1, 0.15) is 19.0 Å². The molecule has 1 spiro atoms. The number of hydrogen-bond donors (Lipinski definition) is 0. The monoisotopic (exact) mass is 369 g/mol. The maximum Gasteiger partial charge on any atom is 0.316 e. The number of carbonyl (C=O) groups is 1. The van der Waals surface area contributed by atoms with E-state index in [1.165, 1.54) is 0 Å². The van der Waals surface area contributed by atoms with Crippen LogP contribution in [0.25, 0.3) is 0 Å². The zero-order valence-electron chi connectivity index (χ0n) is 14.5. The molecule has 0 aliphatic carbocycles. The first-order valence-corrected chi connectivity index (χ1v) is 10.0. The maximum absolute atomic E-state index is 12.6. The van der Waals surface area contributed by atoms with E-state index in [1.54, 1.807) is 17.2 Å². The Balaban J connectivity index is 1.65. The van der Waals surface area contributed by atoms with Gasteiger partial charge in [0.05, 0.1) is 12.4 Å². The number of hydrogen-bond acceptors (Lipinski definition) is 7. The Morgan fingerprint density at radius 3 is 2.88 bits per heavy atom. The van der Waals surface area contributed by atoms with Crippen LogP contribution in [0.4, 0.5) is 0 Å². The number of likely N-dealkylation sites (tertiary alicyclic amines) is 1. The lowest BCUT2D eigenvalue weighted by Crippen LogP contribution is -2.69. The van der Waals surface area contributed by atoms with E-state index in [2.05, 4.69) is 9.97 Å². The summed E-state index contributed by atoms with van der Waals surface area (Å²) in [7, 11) is -3.25. The quantitative estimate of drug-likeness (QED) is 0.707. The van der Waals surface area contributed by atoms with E-state index in [-0.39, 0.29) is 49.9 Å². The Hall–Kier alpha value is -1.74. The van der Waals surface area contributed by atoms with Gasteiger partial charge in [0, 0.05) is 37.5 Å². The summed E-state index contributed by atoms with van der Waals surface area (Å²) >= 11 is 0. The van der Waals surface area contributed by atoms with Crippen molar-refractivity contribution in [3.63, 3.8) is 0 Å². The lowest BCUT2D eigenvalue weighted by molar-refractivity contribution is -0.142. The lowest BCUT2D eigenvalue weighted by Gasteiger charge is -2.49. The second-order valence-corrected chi connectivity index (χ2v) is 9.00. The number of amides is 1. The van der Waals surface area contributed by atoms with Crippen LogP contribution in [0.2, 0.25) is 0 Å². The number of ether oxygens (including phenoxy) is 2. The third kappa shape index (κ3) is 3.35. The highest BCUT2D eigenvalue weighted by atomic mass is 32.2. The van der Waals surface area contributed by atoms with Crippen LogP contribution in [0.15, 0.2) is 12.3 Å². The summed E-state index contributed by atoms with van der Waals surface area (Å²) in [5, 5.41) is 0. The molecule has 2 saturated heterocycles. The van der Waals surface area contributed by atoms with Gasteiger partial charge in [-0.1, -0.05) is 0 Å². The van der Waals surface area contributed by atoms with Crippen molar-refractivity contribution in [1.29, 1.82) is 0 Å². The van der Waals surface area contributed by atoms with Gasteiger partial charge in [-0.3, -0.25) is 4.79 Å². The number of aromatic nitrogens is 2. The molecular formula is C16H23N3O5S. The van der Waals surface area contributed by atoms with E-state index in [1.807, 2.05) is 13.8 Å². The standard InChI is InChI=1S/C16H23N3O5S/c1-3-23-9-14(20)19-10-16(11-19)13(5-7-25(16,21)22)8-24-15-17-6-4-12(2)18-15/h4,6,13H,3,5,7-11H2,1-2H3/t13-/m1/s1. The first-order chi connectivity index (χ1) is 11.9. The van der Waals surface area contributed by atoms with Gasteiger partial charge in [0.15, 0.2) is 9.84 Å². The molecule has 1 atom stereocenters. The van der Waals surface area contributed by atoms with Crippen molar-refractivity contribution in [2.24, 2.45) is 5.92 Å². The fourth-order valence-corrected chi connectivity index (χ4v) is 5.84. The van der Waals surface area contributed by atoms with Gasteiger partial charge in [0.2, 0.25) is 5.91 Å². The predicted octanol–water partition coefficient (Wildman–Crippen LogP) is 0.216. The van der Waals surface area contributed by atoms with Gasteiger partial charge < -0.3 is 14.4 Å². The largest absolute Gasteiger partial charge is 0.463 e. The first-order valence-electron chi connectivity index (χ1n) is 8.38. The molecule has 3 heterocycles. The van der Waals surface area contributed by atoms with E-state index in [9.17, 15) is 13.2 Å². The molecule has 25 heavy (non-hydrogen) atoms. The average Bonchev–Trinajstić information content (AvgIpc) is 2.80. The molecule has 2 aliphatic heterocycles. The molecular weight excluding hydrogens is 346 g/mol. The Morgan fingerprint density at radius 2 is 2.20 bits per heavy atom. The molecule has 2 aliphatic rings. The Bertz CT molecular complexity index is 746. The molecule has 1 aromatic heterocycles. The van der Waals surface area contributed by atoms with Crippen molar-refractivity contribution in [2.75, 3.05) is 38.7 Å². The van der Waals surface area contributed by atoms with E-state index in [0.717, 1.165) is 5.69 Å². The molecule has 3 rings (SSSR count). The van der Waals surface area contributed by atoms with Crippen LogP contribution < -0.4 is 4.74 Å². The van der Waals surface area contributed by atoms with Gasteiger partial charge in [0.1, 0.15) is 11.4 Å². The van der Waals surface area contributed by atoms with E-state index < -0.39 is 14.6 Å². The number of rotatable bonds is 6. The Morgan fingerprint density at radius 1 is 1.44 bits per heavy atom. The highest BCUT2D eigenvalue weighted by Crippen LogP contribution is 2.44. The molecule has 0 N–H and O–H groups in total. The highest BCUT2D eigenvalue weighted by Gasteiger charge is 2.62. The van der Waals surface area contributed by atoms with Crippen molar-refractivity contribution in [2.45, 2.75) is 25.0 Å². The summed E-state index contributed by atoms with van der Waals surface area (Å²) in [4.78, 5) is 21.8. The minimum Gasteiger partial charge on any atom is -0.463 e. The van der Waals surface area contributed by atoms with Crippen molar-refractivity contribution in [3.8, 4) is 6.01 Å². The lowest BCUT2D eigenvalue weighted by atomic mass is 9.83. The molecule has 1 amide bonds. The van der Waals surface area contributed by atoms with Gasteiger partial charge in [-0.05, 0) is 26.3 Å². The van der Waals surface area contributed by atoms with Gasteiger partial charge in [0.25, 0.3) is 0 Å². The molecule has 0 bridgehead atoms. The normalized spacial score (nSPS) is 23.4. The molecule has 138 valence electrons. The number of sulfone groups is 1. The molecule has 0 saturated carbocycles. The smallest absolute Gasteiger partial charge is 0.316 e. The van der Waals surface area contributed by atoms with E-state index in [0.29, 0.717) is 13.0 Å². The van der Waals surface area contributed by atoms with Crippen LogP contribution in [0, 0.1) is 12.8 Å². The van der Waals surface area contributed by atoms with Crippen LogP contribution in [-0.2, 0) is 19.4 Å². The van der Waals surface area contributed by atoms with Crippen LogP contribution in [-0.4, -0.2) is 72.6 Å². The molecule has 9 heteroatoms. The van der Waals surface area contributed by atoms with Gasteiger partial charge in [-0.15, -0.1) is 0 Å². The highest BCUT2D eigenvalue weighted by molar-refractivity contribution is 7.93. The maximum atomic E-state index is 12.6. The molecule has 0 radical (unpaired) electrons. The van der Waals surface area contributed by atoms with Crippen molar-refractivity contribution in [1.82, 2.24) is 14.9 Å². The topological polar surface area (TPSA) is 98.7 Å². The molecule has 8 nitrogen and oxygen atoms in total. The second kappa shape index (κ2) is 6.87. The van der Waals surface area contributed by atoms with Crippen LogP contribution in [0.5, 0.6) is 6.01 Å². The molecule has 0 unspecified atom stereocenters. The summed E-state index contributed by atoms with van der Waals surface area (Å²) in [6, 6.07) is 2.02. The average molecular weight is 369 g/mol. The van der Waals surface area contributed by atoms with Crippen LogP contribution in [0.3, 0.4) is 0 Å². The fourth-order valence-electron chi connectivity index (χ4n) is 3.44. The molecule has 1 aromatic rings. The Labute approximate surface area is 147 Å². The molecule has 2 fully saturated rings. The summed E-state index contributed by atoms with van der Waals surface area (Å²) < 4.78 is 35.0. The number of aryl methyl sites for hydroxylation is 1. The minimum atomic E-state index is -3.25. The van der Waals surface area contributed by atoms with Gasteiger partial charge in [-0.25, -0.2) is 18.4 Å². The fraction of sp³-hybridized carbons (Fsp3) is 0.688. The number of carbonyl (C=O) groups excluding carboxylic acids is 1. The number of nitrogens with zero attached hydrogens (tertiary/aromatic N) is 3. The third-order valence-corrected chi connectivity index (χ3v) is 7.59. The SMILES string of the molecule is CCOCC(=O)N1CC2(C1)[C@@H](COc1nccc(C)n1)CCS2(=O)=O. The summed E-state index contributed by atoms with van der Waals surface area (Å²) in [6.45, 7) is 4.75. The zero-order chi connectivity index (χ0) is 18.1. The van der Waals surface area contributed by atoms with Crippen molar-refractivity contribution in [3.05, 3.63) is 18.0 Å². The minimum absolute atomic E-state index is 0.00900. The first kappa shape index (κ1) is 18.1. The van der Waals surface area contributed by atoms with Gasteiger partial charge in [-0.2, -0.15) is 0 Å². The predicted molar refractivity (Wildman–Crippen MR) is 90.0 cm³/mol. The zero-order valence-corrected chi connectivity index (χ0v) is 15.3. The Kier molecular flexibility index (Phi) is 4.97. The summed E-state index contributed by atoms with van der Waals surface area (Å²) in [5.41, 5.74) is 0.787. The third-order valence-electron chi connectivity index (χ3n) is 4.98. The molecule has 0 aromatic carbocycles. The van der Waals surface area contributed by atoms with E-state index >= 15 is 0 Å². The van der Waals surface area contributed by atoms with Gasteiger partial charge >= 0.3 is 6.01 Å². The second-order valence-electron chi connectivity index (χ2n) is 6.55. The van der Waals surface area contributed by atoms with Crippen LogP contribution >= 0.6 is 0 Å².